The molecule has 0 atom stereocenters. The Morgan fingerprint density at radius 3 is 3.12 bits per heavy atom. The lowest BCUT2D eigenvalue weighted by atomic mass is 10.1. The van der Waals surface area contributed by atoms with Crippen molar-refractivity contribution < 1.29 is 9.53 Å². The Bertz CT molecular complexity index is 581. The van der Waals surface area contributed by atoms with E-state index < -0.39 is 0 Å². The number of carbonyl (C=O) groups is 1. The molecule has 2 heterocycles. The first-order valence-corrected chi connectivity index (χ1v) is 5.41. The molecule has 0 fully saturated rings. The van der Waals surface area contributed by atoms with Crippen LogP contribution in [0.5, 0.6) is 5.75 Å². The standard InChI is InChI=1S/C13H10N2O2/c16-8-13-14-5-3-11(15-13)9-1-2-12-10(7-9)4-6-17-12/h1-3,5,7-8H,4,6H2. The summed E-state index contributed by atoms with van der Waals surface area (Å²) in [4.78, 5) is 18.7. The van der Waals surface area contributed by atoms with Crippen molar-refractivity contribution in [1.29, 1.82) is 0 Å². The van der Waals surface area contributed by atoms with E-state index in [1.54, 1.807) is 12.3 Å². The SMILES string of the molecule is O=Cc1nccc(-c2ccc3c(c2)CCO3)n1. The molecule has 1 aromatic heterocycles. The topological polar surface area (TPSA) is 52.1 Å². The summed E-state index contributed by atoms with van der Waals surface area (Å²) in [5.41, 5.74) is 2.94. The van der Waals surface area contributed by atoms with Crippen LogP contribution in [0.4, 0.5) is 0 Å². The number of aromatic nitrogens is 2. The number of hydrogen-bond donors (Lipinski definition) is 0. The van der Waals surface area contributed by atoms with Crippen molar-refractivity contribution in [2.75, 3.05) is 6.61 Å². The molecule has 0 aliphatic carbocycles. The molecule has 0 bridgehead atoms. The van der Waals surface area contributed by atoms with Crippen LogP contribution in [0.25, 0.3) is 11.3 Å². The normalized spacial score (nSPS) is 12.9. The third-order valence-corrected chi connectivity index (χ3v) is 2.76. The number of aldehydes is 1. The van der Waals surface area contributed by atoms with Gasteiger partial charge in [0.25, 0.3) is 0 Å². The number of fused-ring (bicyclic) bond motifs is 1. The Balaban J connectivity index is 2.06. The summed E-state index contributed by atoms with van der Waals surface area (Å²) in [5.74, 6) is 1.15. The van der Waals surface area contributed by atoms with E-state index in [4.69, 9.17) is 4.74 Å². The molecule has 1 aliphatic rings. The van der Waals surface area contributed by atoms with Crippen molar-refractivity contribution in [3.05, 3.63) is 41.9 Å². The Hall–Kier alpha value is -2.23. The van der Waals surface area contributed by atoms with Crippen LogP contribution in [0, 0.1) is 0 Å². The lowest BCUT2D eigenvalue weighted by molar-refractivity contribution is 0.111. The lowest BCUT2D eigenvalue weighted by Gasteiger charge is -2.03. The monoisotopic (exact) mass is 226 g/mol. The zero-order chi connectivity index (χ0) is 11.7. The quantitative estimate of drug-likeness (QED) is 0.734. The Labute approximate surface area is 98.3 Å². The van der Waals surface area contributed by atoms with Crippen LogP contribution < -0.4 is 4.74 Å². The minimum absolute atomic E-state index is 0.208. The maximum absolute atomic E-state index is 10.6. The van der Waals surface area contributed by atoms with Gasteiger partial charge in [-0.1, -0.05) is 0 Å². The third-order valence-electron chi connectivity index (χ3n) is 2.76. The van der Waals surface area contributed by atoms with Gasteiger partial charge in [0, 0.05) is 18.2 Å². The van der Waals surface area contributed by atoms with E-state index in [1.165, 1.54) is 5.56 Å². The molecule has 17 heavy (non-hydrogen) atoms. The molecular formula is C13H10N2O2. The minimum atomic E-state index is 0.208. The van der Waals surface area contributed by atoms with Gasteiger partial charge in [-0.05, 0) is 29.8 Å². The highest BCUT2D eigenvalue weighted by Gasteiger charge is 2.13. The first kappa shape index (κ1) is 9.96. The van der Waals surface area contributed by atoms with E-state index in [-0.39, 0.29) is 5.82 Å². The zero-order valence-corrected chi connectivity index (χ0v) is 9.09. The fourth-order valence-electron chi connectivity index (χ4n) is 1.94. The van der Waals surface area contributed by atoms with Crippen molar-refractivity contribution in [2.24, 2.45) is 0 Å². The fourth-order valence-corrected chi connectivity index (χ4v) is 1.94. The summed E-state index contributed by atoms with van der Waals surface area (Å²) in [5, 5.41) is 0. The molecule has 0 amide bonds. The average Bonchev–Trinajstić information content (AvgIpc) is 2.86. The second-order valence-electron chi connectivity index (χ2n) is 3.84. The van der Waals surface area contributed by atoms with Crippen LogP contribution in [0.2, 0.25) is 0 Å². The van der Waals surface area contributed by atoms with E-state index >= 15 is 0 Å². The van der Waals surface area contributed by atoms with Crippen LogP contribution in [0.3, 0.4) is 0 Å². The Kier molecular flexibility index (Phi) is 2.33. The molecule has 0 spiro atoms. The summed E-state index contributed by atoms with van der Waals surface area (Å²) in [6, 6.07) is 7.74. The molecular weight excluding hydrogens is 216 g/mol. The van der Waals surface area contributed by atoms with Crippen LogP contribution in [-0.4, -0.2) is 22.9 Å². The first-order chi connectivity index (χ1) is 8.36. The van der Waals surface area contributed by atoms with E-state index in [9.17, 15) is 4.79 Å². The molecule has 4 nitrogen and oxygen atoms in total. The van der Waals surface area contributed by atoms with Gasteiger partial charge in [0.2, 0.25) is 0 Å². The van der Waals surface area contributed by atoms with Crippen LogP contribution in [0.1, 0.15) is 16.2 Å². The molecule has 1 aromatic carbocycles. The molecule has 84 valence electrons. The van der Waals surface area contributed by atoms with Gasteiger partial charge < -0.3 is 4.74 Å². The molecule has 4 heteroatoms. The van der Waals surface area contributed by atoms with Crippen LogP contribution in [0.15, 0.2) is 30.5 Å². The van der Waals surface area contributed by atoms with Gasteiger partial charge in [0.05, 0.1) is 12.3 Å². The average molecular weight is 226 g/mol. The number of benzene rings is 1. The van der Waals surface area contributed by atoms with Gasteiger partial charge in [0.1, 0.15) is 5.75 Å². The summed E-state index contributed by atoms with van der Waals surface area (Å²) < 4.78 is 5.45. The zero-order valence-electron chi connectivity index (χ0n) is 9.09. The summed E-state index contributed by atoms with van der Waals surface area (Å²) in [6.45, 7) is 0.738. The number of rotatable bonds is 2. The van der Waals surface area contributed by atoms with Gasteiger partial charge in [-0.2, -0.15) is 0 Å². The third kappa shape index (κ3) is 1.78. The predicted octanol–water partition coefficient (Wildman–Crippen LogP) is 1.89. The van der Waals surface area contributed by atoms with Gasteiger partial charge >= 0.3 is 0 Å². The molecule has 0 radical (unpaired) electrons. The van der Waals surface area contributed by atoms with E-state index in [0.29, 0.717) is 6.29 Å². The number of ether oxygens (including phenoxy) is 1. The van der Waals surface area contributed by atoms with Gasteiger partial charge in [-0.15, -0.1) is 0 Å². The predicted molar refractivity (Wildman–Crippen MR) is 62.1 cm³/mol. The molecule has 1 aliphatic heterocycles. The van der Waals surface area contributed by atoms with E-state index in [2.05, 4.69) is 16.0 Å². The highest BCUT2D eigenvalue weighted by Crippen LogP contribution is 2.29. The number of carbonyl (C=O) groups excluding carboxylic acids is 1. The van der Waals surface area contributed by atoms with E-state index in [1.807, 2.05) is 12.1 Å². The molecule has 0 unspecified atom stereocenters. The smallest absolute Gasteiger partial charge is 0.193 e. The molecule has 0 N–H and O–H groups in total. The Morgan fingerprint density at radius 2 is 2.24 bits per heavy atom. The van der Waals surface area contributed by atoms with Crippen molar-refractivity contribution in [1.82, 2.24) is 9.97 Å². The maximum atomic E-state index is 10.6. The minimum Gasteiger partial charge on any atom is -0.493 e. The van der Waals surface area contributed by atoms with Gasteiger partial charge in [0.15, 0.2) is 12.1 Å². The summed E-state index contributed by atoms with van der Waals surface area (Å²) in [6.07, 6.45) is 3.17. The second kappa shape index (κ2) is 3.97. The van der Waals surface area contributed by atoms with Crippen molar-refractivity contribution in [3.63, 3.8) is 0 Å². The highest BCUT2D eigenvalue weighted by molar-refractivity contribution is 5.71. The van der Waals surface area contributed by atoms with Crippen molar-refractivity contribution >= 4 is 6.29 Å². The molecule has 3 rings (SSSR count). The number of nitrogens with zero attached hydrogens (tertiary/aromatic N) is 2. The Morgan fingerprint density at radius 1 is 1.29 bits per heavy atom. The summed E-state index contributed by atoms with van der Waals surface area (Å²) in [7, 11) is 0. The van der Waals surface area contributed by atoms with Gasteiger partial charge in [-0.3, -0.25) is 4.79 Å². The van der Waals surface area contributed by atoms with Crippen molar-refractivity contribution in [2.45, 2.75) is 6.42 Å². The summed E-state index contributed by atoms with van der Waals surface area (Å²) >= 11 is 0. The van der Waals surface area contributed by atoms with Crippen molar-refractivity contribution in [3.8, 4) is 17.0 Å². The van der Waals surface area contributed by atoms with Crippen LogP contribution >= 0.6 is 0 Å². The van der Waals surface area contributed by atoms with Crippen LogP contribution in [-0.2, 0) is 6.42 Å². The first-order valence-electron chi connectivity index (χ1n) is 5.41. The lowest BCUT2D eigenvalue weighted by Crippen LogP contribution is -1.94. The number of hydrogen-bond acceptors (Lipinski definition) is 4. The molecule has 0 saturated heterocycles. The van der Waals surface area contributed by atoms with E-state index in [0.717, 1.165) is 30.0 Å². The second-order valence-corrected chi connectivity index (χ2v) is 3.84. The fraction of sp³-hybridized carbons (Fsp3) is 0.154. The maximum Gasteiger partial charge on any atom is 0.193 e. The molecule has 0 saturated carbocycles. The molecule has 2 aromatic rings. The van der Waals surface area contributed by atoms with Gasteiger partial charge in [-0.25, -0.2) is 9.97 Å². The largest absolute Gasteiger partial charge is 0.493 e. The highest BCUT2D eigenvalue weighted by atomic mass is 16.5.